The fourth-order valence-corrected chi connectivity index (χ4v) is 1.99. The summed E-state index contributed by atoms with van der Waals surface area (Å²) in [5, 5.41) is 3.37. The quantitative estimate of drug-likeness (QED) is 0.592. The molecule has 0 aromatic carbocycles. The van der Waals surface area contributed by atoms with E-state index in [4.69, 9.17) is 9.47 Å². The number of hydrogen-bond donors (Lipinski definition) is 1. The molecule has 1 atom stereocenters. The van der Waals surface area contributed by atoms with Gasteiger partial charge in [0.1, 0.15) is 0 Å². The van der Waals surface area contributed by atoms with Gasteiger partial charge in [0, 0.05) is 39.9 Å². The maximum atomic E-state index is 5.65. The van der Waals surface area contributed by atoms with Crippen LogP contribution >= 0.6 is 0 Å². The van der Waals surface area contributed by atoms with Crippen molar-refractivity contribution in [3.05, 3.63) is 0 Å². The summed E-state index contributed by atoms with van der Waals surface area (Å²) < 4.78 is 10.6. The van der Waals surface area contributed by atoms with Crippen molar-refractivity contribution in [2.24, 2.45) is 0 Å². The van der Waals surface area contributed by atoms with Crippen molar-refractivity contribution in [2.75, 3.05) is 53.0 Å². The first-order chi connectivity index (χ1) is 7.86. The predicted molar refractivity (Wildman–Crippen MR) is 65.8 cm³/mol. The molecule has 0 aromatic rings. The van der Waals surface area contributed by atoms with Gasteiger partial charge in [-0.3, -0.25) is 4.90 Å². The van der Waals surface area contributed by atoms with E-state index in [-0.39, 0.29) is 0 Å². The van der Waals surface area contributed by atoms with Crippen molar-refractivity contribution >= 4 is 0 Å². The molecule has 4 heteroatoms. The van der Waals surface area contributed by atoms with Gasteiger partial charge in [-0.15, -0.1) is 0 Å². The molecule has 1 saturated heterocycles. The van der Waals surface area contributed by atoms with Crippen molar-refractivity contribution in [2.45, 2.75) is 25.9 Å². The highest BCUT2D eigenvalue weighted by Gasteiger charge is 2.17. The Morgan fingerprint density at radius 2 is 2.31 bits per heavy atom. The van der Waals surface area contributed by atoms with Gasteiger partial charge in [0.05, 0.1) is 12.7 Å². The summed E-state index contributed by atoms with van der Waals surface area (Å²) >= 11 is 0. The summed E-state index contributed by atoms with van der Waals surface area (Å²) in [6.45, 7) is 9.21. The highest BCUT2D eigenvalue weighted by molar-refractivity contribution is 4.70. The second kappa shape index (κ2) is 8.93. The topological polar surface area (TPSA) is 33.7 Å². The van der Waals surface area contributed by atoms with Gasteiger partial charge in [0.15, 0.2) is 0 Å². The molecule has 1 heterocycles. The number of methoxy groups -OCH3 is 1. The predicted octanol–water partition coefficient (Wildman–Crippen LogP) is 0.723. The molecule has 0 aromatic heterocycles. The third kappa shape index (κ3) is 5.80. The zero-order valence-corrected chi connectivity index (χ0v) is 10.7. The fourth-order valence-electron chi connectivity index (χ4n) is 1.99. The molecule has 1 unspecified atom stereocenters. The molecule has 0 amide bonds. The van der Waals surface area contributed by atoms with Crippen LogP contribution in [0.4, 0.5) is 0 Å². The molecule has 1 aliphatic rings. The third-order valence-corrected chi connectivity index (χ3v) is 3.02. The third-order valence-electron chi connectivity index (χ3n) is 3.02. The smallest absolute Gasteiger partial charge is 0.0702 e. The molecule has 0 saturated carbocycles. The van der Waals surface area contributed by atoms with Crippen molar-refractivity contribution in [3.8, 4) is 0 Å². The van der Waals surface area contributed by atoms with Crippen molar-refractivity contribution in [3.63, 3.8) is 0 Å². The van der Waals surface area contributed by atoms with Gasteiger partial charge in [0.25, 0.3) is 0 Å². The summed E-state index contributed by atoms with van der Waals surface area (Å²) in [6.07, 6.45) is 2.93. The van der Waals surface area contributed by atoms with Gasteiger partial charge >= 0.3 is 0 Å². The average Bonchev–Trinajstić information content (AvgIpc) is 2.80. The summed E-state index contributed by atoms with van der Waals surface area (Å²) in [5.74, 6) is 0. The molecular weight excluding hydrogens is 204 g/mol. The zero-order valence-electron chi connectivity index (χ0n) is 10.7. The molecule has 0 radical (unpaired) electrons. The van der Waals surface area contributed by atoms with Gasteiger partial charge in [-0.2, -0.15) is 0 Å². The van der Waals surface area contributed by atoms with Crippen molar-refractivity contribution in [1.29, 1.82) is 0 Å². The zero-order chi connectivity index (χ0) is 11.6. The van der Waals surface area contributed by atoms with E-state index in [0.29, 0.717) is 6.10 Å². The Bertz CT molecular complexity index is 161. The summed E-state index contributed by atoms with van der Waals surface area (Å²) in [4.78, 5) is 2.45. The Labute approximate surface area is 99.3 Å². The lowest BCUT2D eigenvalue weighted by Gasteiger charge is -2.23. The lowest BCUT2D eigenvalue weighted by Crippen LogP contribution is -2.37. The average molecular weight is 230 g/mol. The SMILES string of the molecule is CCN(CCNCCOC)CC1CCCO1. The number of rotatable bonds is 9. The van der Waals surface area contributed by atoms with E-state index in [1.54, 1.807) is 7.11 Å². The van der Waals surface area contributed by atoms with Gasteiger partial charge in [0.2, 0.25) is 0 Å². The van der Waals surface area contributed by atoms with Crippen LogP contribution in [-0.4, -0.2) is 64.1 Å². The van der Waals surface area contributed by atoms with Gasteiger partial charge in [-0.25, -0.2) is 0 Å². The van der Waals surface area contributed by atoms with Gasteiger partial charge in [-0.1, -0.05) is 6.92 Å². The van der Waals surface area contributed by atoms with Crippen LogP contribution in [0.2, 0.25) is 0 Å². The first-order valence-corrected chi connectivity index (χ1v) is 6.40. The minimum atomic E-state index is 0.471. The monoisotopic (exact) mass is 230 g/mol. The summed E-state index contributed by atoms with van der Waals surface area (Å²) in [7, 11) is 1.73. The molecule has 0 bridgehead atoms. The molecule has 1 rings (SSSR count). The molecule has 0 aliphatic carbocycles. The summed E-state index contributed by atoms with van der Waals surface area (Å²) in [6, 6.07) is 0. The molecule has 4 nitrogen and oxygen atoms in total. The molecule has 1 aliphatic heterocycles. The Hall–Kier alpha value is -0.160. The second-order valence-corrected chi connectivity index (χ2v) is 4.27. The molecule has 1 fully saturated rings. The Balaban J connectivity index is 2.01. The highest BCUT2D eigenvalue weighted by Crippen LogP contribution is 2.12. The molecule has 16 heavy (non-hydrogen) atoms. The van der Waals surface area contributed by atoms with E-state index < -0.39 is 0 Å². The minimum absolute atomic E-state index is 0.471. The van der Waals surface area contributed by atoms with Crippen LogP contribution < -0.4 is 5.32 Å². The number of nitrogens with one attached hydrogen (secondary N) is 1. The molecule has 96 valence electrons. The van der Waals surface area contributed by atoms with Crippen LogP contribution in [0, 0.1) is 0 Å². The van der Waals surface area contributed by atoms with Crippen LogP contribution in [-0.2, 0) is 9.47 Å². The van der Waals surface area contributed by atoms with E-state index in [0.717, 1.165) is 45.9 Å². The number of ether oxygens (including phenoxy) is 2. The number of nitrogens with zero attached hydrogens (tertiary/aromatic N) is 1. The lowest BCUT2D eigenvalue weighted by molar-refractivity contribution is 0.0749. The maximum Gasteiger partial charge on any atom is 0.0702 e. The van der Waals surface area contributed by atoms with Gasteiger partial charge in [-0.05, 0) is 19.4 Å². The molecule has 0 spiro atoms. The highest BCUT2D eigenvalue weighted by atomic mass is 16.5. The van der Waals surface area contributed by atoms with Crippen molar-refractivity contribution in [1.82, 2.24) is 10.2 Å². The Morgan fingerprint density at radius 3 is 2.94 bits per heavy atom. The number of hydrogen-bond acceptors (Lipinski definition) is 4. The van der Waals surface area contributed by atoms with E-state index >= 15 is 0 Å². The summed E-state index contributed by atoms with van der Waals surface area (Å²) in [5.41, 5.74) is 0. The van der Waals surface area contributed by atoms with E-state index in [2.05, 4.69) is 17.1 Å². The normalized spacial score (nSPS) is 20.8. The number of likely N-dealkylation sites (N-methyl/N-ethyl adjacent to an activating group) is 1. The standard InChI is InChI=1S/C12H26N2O2/c1-3-14(8-6-13-7-10-15-2)11-12-5-4-9-16-12/h12-13H,3-11H2,1-2H3. The minimum Gasteiger partial charge on any atom is -0.383 e. The largest absolute Gasteiger partial charge is 0.383 e. The van der Waals surface area contributed by atoms with Crippen LogP contribution in [0.3, 0.4) is 0 Å². The van der Waals surface area contributed by atoms with Crippen LogP contribution in [0.15, 0.2) is 0 Å². The fraction of sp³-hybridized carbons (Fsp3) is 1.00. The second-order valence-electron chi connectivity index (χ2n) is 4.27. The molecule has 1 N–H and O–H groups in total. The Kier molecular flexibility index (Phi) is 7.76. The Morgan fingerprint density at radius 1 is 1.44 bits per heavy atom. The van der Waals surface area contributed by atoms with Crippen molar-refractivity contribution < 1.29 is 9.47 Å². The van der Waals surface area contributed by atoms with E-state index in [1.807, 2.05) is 0 Å². The maximum absolute atomic E-state index is 5.65. The molecular formula is C12H26N2O2. The van der Waals surface area contributed by atoms with E-state index in [1.165, 1.54) is 12.8 Å². The van der Waals surface area contributed by atoms with Gasteiger partial charge < -0.3 is 14.8 Å². The van der Waals surface area contributed by atoms with Crippen LogP contribution in [0.5, 0.6) is 0 Å². The van der Waals surface area contributed by atoms with E-state index in [9.17, 15) is 0 Å². The first-order valence-electron chi connectivity index (χ1n) is 6.40. The van der Waals surface area contributed by atoms with Crippen LogP contribution in [0.25, 0.3) is 0 Å². The first kappa shape index (κ1) is 13.9. The lowest BCUT2D eigenvalue weighted by atomic mass is 10.2. The van der Waals surface area contributed by atoms with Crippen LogP contribution in [0.1, 0.15) is 19.8 Å².